The van der Waals surface area contributed by atoms with E-state index in [2.05, 4.69) is 9.97 Å². The first kappa shape index (κ1) is 15.2. The average molecular weight is 367 g/mol. The zero-order chi connectivity index (χ0) is 19.2. The molecule has 0 saturated carbocycles. The molecular formula is C22H13N3O3. The van der Waals surface area contributed by atoms with Gasteiger partial charge in [-0.2, -0.15) is 0 Å². The SMILES string of the molecule is Cn1c(O)c2c(c1=O)c1c(nc3ccccc31)c(O)c1nc3ccccc3c12. The number of aromatic nitrogens is 3. The van der Waals surface area contributed by atoms with E-state index in [9.17, 15) is 15.0 Å². The molecule has 0 radical (unpaired) electrons. The van der Waals surface area contributed by atoms with Crippen LogP contribution in [-0.2, 0) is 7.05 Å². The Bertz CT molecular complexity index is 1670. The Hall–Kier alpha value is -3.93. The number of aromatic hydroxyl groups is 2. The Balaban J connectivity index is 2.14. The second-order valence-corrected chi connectivity index (χ2v) is 6.99. The first-order chi connectivity index (χ1) is 13.6. The maximum Gasteiger partial charge on any atom is 0.261 e. The van der Waals surface area contributed by atoms with Crippen LogP contribution in [0, 0.1) is 0 Å². The van der Waals surface area contributed by atoms with Crippen LogP contribution in [0.4, 0.5) is 0 Å². The third kappa shape index (κ3) is 1.61. The highest BCUT2D eigenvalue weighted by Crippen LogP contribution is 2.44. The van der Waals surface area contributed by atoms with Crippen LogP contribution >= 0.6 is 0 Å². The molecular weight excluding hydrogens is 354 g/mol. The molecule has 6 heteroatoms. The summed E-state index contributed by atoms with van der Waals surface area (Å²) in [5.74, 6) is -0.236. The lowest BCUT2D eigenvalue weighted by atomic mass is 10.1. The molecule has 134 valence electrons. The van der Waals surface area contributed by atoms with Gasteiger partial charge >= 0.3 is 0 Å². The first-order valence-corrected chi connectivity index (χ1v) is 8.84. The summed E-state index contributed by atoms with van der Waals surface area (Å²) in [5.41, 5.74) is 1.65. The molecule has 3 aromatic heterocycles. The van der Waals surface area contributed by atoms with E-state index in [0.29, 0.717) is 43.6 Å². The van der Waals surface area contributed by atoms with Gasteiger partial charge in [0.25, 0.3) is 5.56 Å². The maximum atomic E-state index is 13.1. The van der Waals surface area contributed by atoms with Crippen molar-refractivity contribution < 1.29 is 10.2 Å². The molecule has 0 aliphatic rings. The highest BCUT2D eigenvalue weighted by Gasteiger charge is 2.25. The lowest BCUT2D eigenvalue weighted by Crippen LogP contribution is -2.09. The predicted octanol–water partition coefficient (Wildman–Crippen LogP) is 3.79. The summed E-state index contributed by atoms with van der Waals surface area (Å²) >= 11 is 0. The second-order valence-electron chi connectivity index (χ2n) is 6.99. The van der Waals surface area contributed by atoms with Gasteiger partial charge in [-0.3, -0.25) is 9.36 Å². The van der Waals surface area contributed by atoms with Gasteiger partial charge < -0.3 is 10.2 Å². The van der Waals surface area contributed by atoms with Crippen LogP contribution in [0.5, 0.6) is 11.6 Å². The minimum absolute atomic E-state index is 0.0879. The Kier molecular flexibility index (Phi) is 2.63. The van der Waals surface area contributed by atoms with E-state index in [1.165, 1.54) is 11.6 Å². The fraction of sp³-hybridized carbons (Fsp3) is 0.0455. The molecule has 0 amide bonds. The number of rotatable bonds is 0. The largest absolute Gasteiger partial charge is 0.504 e. The summed E-state index contributed by atoms with van der Waals surface area (Å²) in [5, 5.41) is 25.3. The number of benzene rings is 2. The lowest BCUT2D eigenvalue weighted by molar-refractivity contribution is 0.435. The minimum atomic E-state index is -0.335. The summed E-state index contributed by atoms with van der Waals surface area (Å²) < 4.78 is 1.23. The van der Waals surface area contributed by atoms with Crippen molar-refractivity contribution >= 4 is 54.4 Å². The molecule has 28 heavy (non-hydrogen) atoms. The van der Waals surface area contributed by atoms with Crippen molar-refractivity contribution in [3.05, 3.63) is 58.9 Å². The molecule has 3 heterocycles. The van der Waals surface area contributed by atoms with Gasteiger partial charge in [-0.05, 0) is 12.1 Å². The number of hydrogen-bond donors (Lipinski definition) is 2. The highest BCUT2D eigenvalue weighted by molar-refractivity contribution is 6.32. The molecule has 0 aliphatic heterocycles. The smallest absolute Gasteiger partial charge is 0.261 e. The van der Waals surface area contributed by atoms with E-state index in [1.54, 1.807) is 0 Å². The summed E-state index contributed by atoms with van der Waals surface area (Å²) in [7, 11) is 1.53. The zero-order valence-electron chi connectivity index (χ0n) is 14.8. The van der Waals surface area contributed by atoms with Gasteiger partial charge in [0.15, 0.2) is 5.75 Å². The summed E-state index contributed by atoms with van der Waals surface area (Å²) in [6.45, 7) is 0. The van der Waals surface area contributed by atoms with Crippen molar-refractivity contribution in [2.24, 2.45) is 7.05 Å². The van der Waals surface area contributed by atoms with Crippen molar-refractivity contribution in [1.29, 1.82) is 0 Å². The topological polar surface area (TPSA) is 88.2 Å². The van der Waals surface area contributed by atoms with Crippen LogP contribution in [-0.4, -0.2) is 24.7 Å². The number of fused-ring (bicyclic) bond motifs is 9. The Morgan fingerprint density at radius 3 is 1.82 bits per heavy atom. The zero-order valence-corrected chi connectivity index (χ0v) is 14.8. The van der Waals surface area contributed by atoms with Gasteiger partial charge in [0.05, 0.1) is 21.8 Å². The Morgan fingerprint density at radius 1 is 0.750 bits per heavy atom. The second kappa shape index (κ2) is 4.86. The fourth-order valence-corrected chi connectivity index (χ4v) is 4.25. The Morgan fingerprint density at radius 2 is 1.25 bits per heavy atom. The molecule has 2 N–H and O–H groups in total. The van der Waals surface area contributed by atoms with E-state index in [4.69, 9.17) is 0 Å². The molecule has 0 aliphatic carbocycles. The maximum absolute atomic E-state index is 13.1. The molecule has 3 aromatic carbocycles. The van der Waals surface area contributed by atoms with E-state index >= 15 is 0 Å². The average Bonchev–Trinajstić information content (AvgIpc) is 3.32. The monoisotopic (exact) mass is 367 g/mol. The molecule has 0 fully saturated rings. The van der Waals surface area contributed by atoms with Crippen molar-refractivity contribution in [3.8, 4) is 11.6 Å². The quantitative estimate of drug-likeness (QED) is 0.426. The first-order valence-electron chi connectivity index (χ1n) is 8.84. The molecule has 0 bridgehead atoms. The molecule has 0 atom stereocenters. The van der Waals surface area contributed by atoms with Gasteiger partial charge in [0.1, 0.15) is 11.0 Å². The fourth-order valence-electron chi connectivity index (χ4n) is 4.25. The number of para-hydroxylation sites is 2. The molecule has 0 saturated heterocycles. The van der Waals surface area contributed by atoms with Crippen LogP contribution in [0.3, 0.4) is 0 Å². The van der Waals surface area contributed by atoms with Crippen LogP contribution in [0.15, 0.2) is 53.3 Å². The van der Waals surface area contributed by atoms with E-state index in [-0.39, 0.29) is 17.2 Å². The summed E-state index contributed by atoms with van der Waals surface area (Å²) in [6.07, 6.45) is 0. The van der Waals surface area contributed by atoms with E-state index in [1.807, 2.05) is 48.5 Å². The number of hydrogen-bond acceptors (Lipinski definition) is 5. The third-order valence-electron chi connectivity index (χ3n) is 5.54. The summed E-state index contributed by atoms with van der Waals surface area (Å²) in [4.78, 5) is 22.3. The molecule has 6 rings (SSSR count). The highest BCUT2D eigenvalue weighted by atomic mass is 16.3. The normalized spacial score (nSPS) is 12.2. The van der Waals surface area contributed by atoms with Gasteiger partial charge in [0, 0.05) is 28.6 Å². The lowest BCUT2D eigenvalue weighted by Gasteiger charge is -1.94. The third-order valence-corrected chi connectivity index (χ3v) is 5.54. The molecule has 0 unspecified atom stereocenters. The van der Waals surface area contributed by atoms with Crippen LogP contribution in [0.2, 0.25) is 0 Å². The Labute approximate surface area is 157 Å². The van der Waals surface area contributed by atoms with E-state index < -0.39 is 0 Å². The van der Waals surface area contributed by atoms with Crippen molar-refractivity contribution in [1.82, 2.24) is 14.5 Å². The number of nitrogens with zero attached hydrogens (tertiary/aromatic N) is 3. The van der Waals surface area contributed by atoms with Crippen LogP contribution in [0.1, 0.15) is 0 Å². The van der Waals surface area contributed by atoms with Gasteiger partial charge in [-0.25, -0.2) is 9.97 Å². The molecule has 0 spiro atoms. The molecule has 6 nitrogen and oxygen atoms in total. The van der Waals surface area contributed by atoms with Crippen molar-refractivity contribution in [2.75, 3.05) is 0 Å². The van der Waals surface area contributed by atoms with Gasteiger partial charge in [0.2, 0.25) is 5.88 Å². The summed E-state index contributed by atoms with van der Waals surface area (Å²) in [6, 6.07) is 14.8. The van der Waals surface area contributed by atoms with Crippen LogP contribution in [0.25, 0.3) is 54.4 Å². The molecule has 6 aromatic rings. The minimum Gasteiger partial charge on any atom is -0.504 e. The van der Waals surface area contributed by atoms with Crippen molar-refractivity contribution in [2.45, 2.75) is 0 Å². The van der Waals surface area contributed by atoms with Gasteiger partial charge in [-0.15, -0.1) is 0 Å². The van der Waals surface area contributed by atoms with E-state index in [0.717, 1.165) is 10.8 Å². The van der Waals surface area contributed by atoms with Crippen molar-refractivity contribution in [3.63, 3.8) is 0 Å². The predicted molar refractivity (Wildman–Crippen MR) is 109 cm³/mol. The standard InChI is InChI=1S/C22H13N3O3/c1-25-21(27)16-14-10-6-2-4-8-12(10)23-18(14)20(26)19-15(17(16)22(25)28)11-7-3-5-9-13(11)24-19/h2-9,26-27H,1H3. The van der Waals surface area contributed by atoms with Gasteiger partial charge in [-0.1, -0.05) is 36.4 Å². The van der Waals surface area contributed by atoms with Crippen LogP contribution < -0.4 is 5.56 Å².